The highest BCUT2D eigenvalue weighted by molar-refractivity contribution is 5.98. The zero-order valence-corrected chi connectivity index (χ0v) is 21.4. The maximum absolute atomic E-state index is 13.3. The van der Waals surface area contributed by atoms with Crippen LogP contribution in [-0.2, 0) is 16.1 Å². The van der Waals surface area contributed by atoms with Gasteiger partial charge >= 0.3 is 6.03 Å². The molecule has 2 fully saturated rings. The highest BCUT2D eigenvalue weighted by atomic mass is 16.5. The van der Waals surface area contributed by atoms with Gasteiger partial charge in [0, 0.05) is 43.3 Å². The van der Waals surface area contributed by atoms with Crippen LogP contribution in [0.1, 0.15) is 48.5 Å². The van der Waals surface area contributed by atoms with Crippen molar-refractivity contribution >= 4 is 29.3 Å². The average Bonchev–Trinajstić information content (AvgIpc) is 3.42. The lowest BCUT2D eigenvalue weighted by atomic mass is 9.95. The molecule has 2 heterocycles. The van der Waals surface area contributed by atoms with E-state index in [9.17, 15) is 19.2 Å². The second-order valence-corrected chi connectivity index (χ2v) is 9.59. The Morgan fingerprint density at radius 3 is 2.46 bits per heavy atom. The van der Waals surface area contributed by atoms with Crippen LogP contribution in [-0.4, -0.2) is 66.2 Å². The second kappa shape index (κ2) is 11.9. The van der Waals surface area contributed by atoms with Crippen molar-refractivity contribution in [3.8, 4) is 5.75 Å². The summed E-state index contributed by atoms with van der Waals surface area (Å²) < 4.78 is 5.23. The largest absolute Gasteiger partial charge is 0.497 e. The second-order valence-electron chi connectivity index (χ2n) is 9.59. The molecule has 0 unspecified atom stereocenters. The summed E-state index contributed by atoms with van der Waals surface area (Å²) in [5.41, 5.74) is 2.01. The first kappa shape index (κ1) is 26.2. The highest BCUT2D eigenvalue weighted by Crippen LogP contribution is 2.25. The van der Waals surface area contributed by atoms with Gasteiger partial charge in [0.15, 0.2) is 5.78 Å². The molecule has 2 aromatic carbocycles. The Morgan fingerprint density at radius 2 is 1.73 bits per heavy atom. The minimum atomic E-state index is -0.519. The summed E-state index contributed by atoms with van der Waals surface area (Å²) in [5.74, 6) is 0.441. The van der Waals surface area contributed by atoms with E-state index >= 15 is 0 Å². The van der Waals surface area contributed by atoms with Crippen molar-refractivity contribution in [2.75, 3.05) is 32.1 Å². The van der Waals surface area contributed by atoms with Crippen molar-refractivity contribution in [2.45, 2.75) is 45.2 Å². The number of rotatable bonds is 7. The first-order valence-corrected chi connectivity index (χ1v) is 12.7. The van der Waals surface area contributed by atoms with Crippen molar-refractivity contribution in [3.05, 3.63) is 59.7 Å². The Balaban J connectivity index is 1.28. The topological polar surface area (TPSA) is 108 Å². The van der Waals surface area contributed by atoms with Crippen molar-refractivity contribution < 1.29 is 23.9 Å². The Labute approximate surface area is 217 Å². The molecule has 2 aromatic rings. The lowest BCUT2D eigenvalue weighted by Crippen LogP contribution is -2.51. The van der Waals surface area contributed by atoms with E-state index in [0.29, 0.717) is 56.7 Å². The van der Waals surface area contributed by atoms with Gasteiger partial charge in [-0.2, -0.15) is 0 Å². The quantitative estimate of drug-likeness (QED) is 0.560. The Bertz CT molecular complexity index is 1160. The Kier molecular flexibility index (Phi) is 8.43. The number of Topliss-reactive ketones (excluding diaryl/α,β-unsaturated/α-hetero) is 1. The van der Waals surface area contributed by atoms with Gasteiger partial charge in [0.05, 0.1) is 7.11 Å². The molecule has 2 saturated heterocycles. The molecule has 2 N–H and O–H groups in total. The van der Waals surface area contributed by atoms with Gasteiger partial charge in [0.2, 0.25) is 11.8 Å². The molecule has 9 heteroatoms. The Hall–Kier alpha value is -3.88. The zero-order chi connectivity index (χ0) is 26.4. The minimum absolute atomic E-state index is 0.00965. The summed E-state index contributed by atoms with van der Waals surface area (Å²) in [7, 11) is 1.61. The van der Waals surface area contributed by atoms with Gasteiger partial charge in [-0.1, -0.05) is 24.3 Å². The van der Waals surface area contributed by atoms with Crippen LogP contribution < -0.4 is 15.4 Å². The summed E-state index contributed by atoms with van der Waals surface area (Å²) in [5, 5.41) is 5.82. The number of carbonyl (C=O) groups is 4. The summed E-state index contributed by atoms with van der Waals surface area (Å²) >= 11 is 0. The fourth-order valence-corrected chi connectivity index (χ4v) is 4.97. The first-order chi connectivity index (χ1) is 17.9. The summed E-state index contributed by atoms with van der Waals surface area (Å²) in [6.07, 6.45) is 2.54. The van der Waals surface area contributed by atoms with Crippen LogP contribution in [0.15, 0.2) is 48.5 Å². The van der Waals surface area contributed by atoms with Crippen molar-refractivity contribution in [1.29, 1.82) is 0 Å². The van der Waals surface area contributed by atoms with E-state index in [1.165, 1.54) is 6.92 Å². The summed E-state index contributed by atoms with van der Waals surface area (Å²) in [4.78, 5) is 54.0. The molecule has 37 heavy (non-hydrogen) atoms. The van der Waals surface area contributed by atoms with Crippen LogP contribution in [0.4, 0.5) is 10.5 Å². The molecule has 0 saturated carbocycles. The van der Waals surface area contributed by atoms with E-state index in [1.54, 1.807) is 41.2 Å². The number of ketones is 1. The SMILES string of the molecule is COc1cccc(CNC(=O)C2CCN(C(=O)[C@@H]3CCCN3C(=O)Nc3cccc(C(C)=O)c3)CC2)c1. The predicted octanol–water partition coefficient (Wildman–Crippen LogP) is 3.45. The molecule has 9 nitrogen and oxygen atoms in total. The number of benzene rings is 2. The summed E-state index contributed by atoms with van der Waals surface area (Å²) in [6.45, 7) is 3.38. The Morgan fingerprint density at radius 1 is 0.973 bits per heavy atom. The molecular formula is C28H34N4O5. The molecule has 0 bridgehead atoms. The van der Waals surface area contributed by atoms with Crippen LogP contribution in [0, 0.1) is 5.92 Å². The summed E-state index contributed by atoms with van der Waals surface area (Å²) in [6, 6.07) is 13.5. The number of piperidine rings is 1. The standard InChI is InChI=1S/C28H34N4O5/c1-19(33)22-7-4-8-23(17-22)30-28(36)32-13-5-10-25(32)27(35)31-14-11-21(12-15-31)26(34)29-18-20-6-3-9-24(16-20)37-2/h3-4,6-9,16-17,21,25H,5,10-15,18H2,1-2H3,(H,29,34)(H,30,36)/t25-/m0/s1. The highest BCUT2D eigenvalue weighted by Gasteiger charge is 2.38. The van der Waals surface area contributed by atoms with Gasteiger partial charge < -0.3 is 25.2 Å². The molecule has 2 aliphatic heterocycles. The molecule has 0 spiro atoms. The third kappa shape index (κ3) is 6.47. The van der Waals surface area contributed by atoms with E-state index in [4.69, 9.17) is 4.74 Å². The lowest BCUT2D eigenvalue weighted by molar-refractivity contribution is -0.138. The molecule has 0 radical (unpaired) electrons. The number of hydrogen-bond acceptors (Lipinski definition) is 5. The molecular weight excluding hydrogens is 472 g/mol. The van der Waals surface area contributed by atoms with Crippen LogP contribution in [0.3, 0.4) is 0 Å². The third-order valence-electron chi connectivity index (χ3n) is 7.10. The number of likely N-dealkylation sites (tertiary alicyclic amines) is 2. The molecule has 4 amide bonds. The van der Waals surface area contributed by atoms with Gasteiger partial charge in [-0.05, 0) is 62.4 Å². The van der Waals surface area contributed by atoms with Crippen molar-refractivity contribution in [1.82, 2.24) is 15.1 Å². The van der Waals surface area contributed by atoms with Crippen LogP contribution >= 0.6 is 0 Å². The van der Waals surface area contributed by atoms with E-state index in [1.807, 2.05) is 24.3 Å². The van der Waals surface area contributed by atoms with Gasteiger partial charge in [0.1, 0.15) is 11.8 Å². The fourth-order valence-electron chi connectivity index (χ4n) is 4.97. The lowest BCUT2D eigenvalue weighted by Gasteiger charge is -2.35. The maximum atomic E-state index is 13.3. The minimum Gasteiger partial charge on any atom is -0.497 e. The molecule has 4 rings (SSSR count). The van der Waals surface area contributed by atoms with Gasteiger partial charge in [-0.25, -0.2) is 4.79 Å². The maximum Gasteiger partial charge on any atom is 0.322 e. The number of nitrogens with zero attached hydrogens (tertiary/aromatic N) is 2. The van der Waals surface area contributed by atoms with Crippen LogP contribution in [0.25, 0.3) is 0 Å². The average molecular weight is 507 g/mol. The number of amides is 4. The number of methoxy groups -OCH3 is 1. The van der Waals surface area contributed by atoms with E-state index < -0.39 is 6.04 Å². The van der Waals surface area contributed by atoms with Crippen molar-refractivity contribution in [2.24, 2.45) is 5.92 Å². The van der Waals surface area contributed by atoms with E-state index in [-0.39, 0.29) is 29.5 Å². The first-order valence-electron chi connectivity index (χ1n) is 12.7. The predicted molar refractivity (Wildman–Crippen MR) is 139 cm³/mol. The van der Waals surface area contributed by atoms with Crippen molar-refractivity contribution in [3.63, 3.8) is 0 Å². The van der Waals surface area contributed by atoms with E-state index in [2.05, 4.69) is 10.6 Å². The molecule has 0 aromatic heterocycles. The number of anilines is 1. The smallest absolute Gasteiger partial charge is 0.322 e. The monoisotopic (exact) mass is 506 g/mol. The van der Waals surface area contributed by atoms with Gasteiger partial charge in [-0.3, -0.25) is 14.4 Å². The van der Waals surface area contributed by atoms with Crippen LogP contribution in [0.5, 0.6) is 5.75 Å². The third-order valence-corrected chi connectivity index (χ3v) is 7.10. The molecule has 0 aliphatic carbocycles. The van der Waals surface area contributed by atoms with E-state index in [0.717, 1.165) is 17.7 Å². The fraction of sp³-hybridized carbons (Fsp3) is 0.429. The molecule has 1 atom stereocenters. The molecule has 2 aliphatic rings. The van der Waals surface area contributed by atoms with Gasteiger partial charge in [-0.15, -0.1) is 0 Å². The number of ether oxygens (including phenoxy) is 1. The normalized spacial score (nSPS) is 17.8. The van der Waals surface area contributed by atoms with Crippen LogP contribution in [0.2, 0.25) is 0 Å². The van der Waals surface area contributed by atoms with Gasteiger partial charge in [0.25, 0.3) is 0 Å². The number of carbonyl (C=O) groups excluding carboxylic acids is 4. The number of urea groups is 1. The zero-order valence-electron chi connectivity index (χ0n) is 21.4. The molecule has 196 valence electrons. The number of hydrogen-bond donors (Lipinski definition) is 2. The number of nitrogens with one attached hydrogen (secondary N) is 2.